The molecular weight excluding hydrogens is 274 g/mol. The Morgan fingerprint density at radius 2 is 2.10 bits per heavy atom. The second-order valence-electron chi connectivity index (χ2n) is 5.33. The number of carboxylic acids is 1. The van der Waals surface area contributed by atoms with Crippen molar-refractivity contribution in [2.75, 3.05) is 5.32 Å². The van der Waals surface area contributed by atoms with Gasteiger partial charge in [0.1, 0.15) is 17.0 Å². The van der Waals surface area contributed by atoms with Gasteiger partial charge >= 0.3 is 0 Å². The maximum Gasteiger partial charge on any atom is 0.138 e. The number of carboxylic acid groups (broad SMARTS) is 1. The van der Waals surface area contributed by atoms with E-state index in [1.54, 1.807) is 11.3 Å². The lowest BCUT2D eigenvalue weighted by atomic mass is 10.0. The monoisotopic (exact) mass is 292 g/mol. The largest absolute Gasteiger partial charge is 0.548 e. The van der Waals surface area contributed by atoms with Gasteiger partial charge in [0, 0.05) is 4.88 Å². The zero-order valence-electron chi connectivity index (χ0n) is 12.1. The predicted octanol–water partition coefficient (Wildman–Crippen LogP) is 1.88. The summed E-state index contributed by atoms with van der Waals surface area (Å²) in [7, 11) is 0. The van der Waals surface area contributed by atoms with E-state index in [0.29, 0.717) is 12.2 Å². The number of fused-ring (bicyclic) bond motifs is 1. The van der Waals surface area contributed by atoms with E-state index < -0.39 is 12.0 Å². The predicted molar refractivity (Wildman–Crippen MR) is 78.8 cm³/mol. The standard InChI is InChI=1S/C14H19N3O2S/c1-7(2)5-10(14(18)19)17-12-11-8(3)9(4)20-13(11)16-6-15-12/h6-7,10H,5H2,1-4H3,(H,18,19)(H,15,16,17)/p-1/t10-/m0/s1. The van der Waals surface area contributed by atoms with Gasteiger partial charge in [-0.25, -0.2) is 9.97 Å². The number of aliphatic carboxylic acids is 1. The number of carbonyl (C=O) groups excluding carboxylic acids is 1. The lowest BCUT2D eigenvalue weighted by Gasteiger charge is -2.22. The van der Waals surface area contributed by atoms with Gasteiger partial charge in [-0.3, -0.25) is 0 Å². The van der Waals surface area contributed by atoms with Crippen LogP contribution in [0.2, 0.25) is 0 Å². The summed E-state index contributed by atoms with van der Waals surface area (Å²) in [5.41, 5.74) is 1.09. The molecule has 1 atom stereocenters. The Hall–Kier alpha value is -1.69. The molecular formula is C14H18N3O2S-. The molecule has 0 spiro atoms. The highest BCUT2D eigenvalue weighted by Crippen LogP contribution is 2.32. The minimum atomic E-state index is -1.10. The molecule has 0 bridgehead atoms. The van der Waals surface area contributed by atoms with E-state index in [2.05, 4.69) is 15.3 Å². The third kappa shape index (κ3) is 2.90. The van der Waals surface area contributed by atoms with Crippen LogP contribution in [0.25, 0.3) is 10.2 Å². The average molecular weight is 292 g/mol. The van der Waals surface area contributed by atoms with Crippen LogP contribution in [-0.4, -0.2) is 22.0 Å². The van der Waals surface area contributed by atoms with Gasteiger partial charge < -0.3 is 15.2 Å². The second-order valence-corrected chi connectivity index (χ2v) is 6.53. The maximum atomic E-state index is 11.3. The van der Waals surface area contributed by atoms with E-state index in [0.717, 1.165) is 20.7 Å². The zero-order chi connectivity index (χ0) is 14.9. The molecule has 0 saturated carbocycles. The molecule has 5 nitrogen and oxygen atoms in total. The van der Waals surface area contributed by atoms with Crippen LogP contribution in [0.1, 0.15) is 30.7 Å². The van der Waals surface area contributed by atoms with Crippen molar-refractivity contribution in [1.82, 2.24) is 9.97 Å². The van der Waals surface area contributed by atoms with Gasteiger partial charge in [0.25, 0.3) is 0 Å². The first-order valence-electron chi connectivity index (χ1n) is 6.58. The quantitative estimate of drug-likeness (QED) is 0.910. The topological polar surface area (TPSA) is 77.9 Å². The Morgan fingerprint density at radius 1 is 1.40 bits per heavy atom. The number of carbonyl (C=O) groups is 1. The Balaban J connectivity index is 2.39. The lowest BCUT2D eigenvalue weighted by molar-refractivity contribution is -0.307. The summed E-state index contributed by atoms with van der Waals surface area (Å²) >= 11 is 1.59. The van der Waals surface area contributed by atoms with Crippen molar-refractivity contribution in [2.45, 2.75) is 40.2 Å². The van der Waals surface area contributed by atoms with Crippen LogP contribution in [0.5, 0.6) is 0 Å². The van der Waals surface area contributed by atoms with Gasteiger partial charge in [0.2, 0.25) is 0 Å². The number of anilines is 1. The summed E-state index contributed by atoms with van der Waals surface area (Å²) in [5.74, 6) is -0.269. The van der Waals surface area contributed by atoms with Crippen LogP contribution >= 0.6 is 11.3 Å². The fourth-order valence-corrected chi connectivity index (χ4v) is 3.14. The average Bonchev–Trinajstić information content (AvgIpc) is 2.64. The Bertz CT molecular complexity index is 637. The second kappa shape index (κ2) is 5.75. The van der Waals surface area contributed by atoms with Crippen LogP contribution in [0.15, 0.2) is 6.33 Å². The zero-order valence-corrected chi connectivity index (χ0v) is 12.9. The van der Waals surface area contributed by atoms with Gasteiger partial charge in [-0.1, -0.05) is 13.8 Å². The third-order valence-electron chi connectivity index (χ3n) is 3.27. The highest BCUT2D eigenvalue weighted by molar-refractivity contribution is 7.18. The molecule has 20 heavy (non-hydrogen) atoms. The number of thiophene rings is 1. The van der Waals surface area contributed by atoms with Crippen molar-refractivity contribution in [3.63, 3.8) is 0 Å². The van der Waals surface area contributed by atoms with Gasteiger partial charge in [-0.15, -0.1) is 11.3 Å². The smallest absolute Gasteiger partial charge is 0.138 e. The van der Waals surface area contributed by atoms with Crippen molar-refractivity contribution in [3.05, 3.63) is 16.8 Å². The molecule has 0 fully saturated rings. The lowest BCUT2D eigenvalue weighted by Crippen LogP contribution is -2.41. The molecule has 0 radical (unpaired) electrons. The molecule has 0 aliphatic rings. The van der Waals surface area contributed by atoms with Crippen LogP contribution in [0.3, 0.4) is 0 Å². The first-order chi connectivity index (χ1) is 9.40. The van der Waals surface area contributed by atoms with Crippen LogP contribution < -0.4 is 10.4 Å². The molecule has 0 aromatic carbocycles. The number of nitrogens with zero attached hydrogens (tertiary/aromatic N) is 2. The number of aryl methyl sites for hydroxylation is 2. The third-order valence-corrected chi connectivity index (χ3v) is 4.38. The van der Waals surface area contributed by atoms with E-state index in [1.165, 1.54) is 6.33 Å². The summed E-state index contributed by atoms with van der Waals surface area (Å²) in [4.78, 5) is 21.7. The molecule has 0 amide bonds. The first-order valence-corrected chi connectivity index (χ1v) is 7.40. The fourth-order valence-electron chi connectivity index (χ4n) is 2.14. The minimum absolute atomic E-state index is 0.257. The van der Waals surface area contributed by atoms with Crippen molar-refractivity contribution >= 4 is 33.3 Å². The Kier molecular flexibility index (Phi) is 4.23. The molecule has 108 valence electrons. The molecule has 2 rings (SSSR count). The van der Waals surface area contributed by atoms with Crippen molar-refractivity contribution in [2.24, 2.45) is 5.92 Å². The number of rotatable bonds is 5. The maximum absolute atomic E-state index is 11.3. The summed E-state index contributed by atoms with van der Waals surface area (Å²) in [6, 6.07) is -0.743. The van der Waals surface area contributed by atoms with E-state index in [1.807, 2.05) is 27.7 Å². The summed E-state index contributed by atoms with van der Waals surface area (Å²) in [5, 5.41) is 15.2. The van der Waals surface area contributed by atoms with E-state index >= 15 is 0 Å². The number of aromatic nitrogens is 2. The normalized spacial score (nSPS) is 12.8. The Morgan fingerprint density at radius 3 is 2.70 bits per heavy atom. The minimum Gasteiger partial charge on any atom is -0.548 e. The van der Waals surface area contributed by atoms with Gasteiger partial charge in [0.15, 0.2) is 0 Å². The van der Waals surface area contributed by atoms with E-state index in [4.69, 9.17) is 0 Å². The molecule has 2 aromatic heterocycles. The van der Waals surface area contributed by atoms with Gasteiger partial charge in [0.05, 0.1) is 17.4 Å². The van der Waals surface area contributed by atoms with E-state index in [-0.39, 0.29) is 5.92 Å². The summed E-state index contributed by atoms with van der Waals surface area (Å²) in [6.45, 7) is 7.98. The highest BCUT2D eigenvalue weighted by Gasteiger charge is 2.17. The first kappa shape index (κ1) is 14.7. The summed E-state index contributed by atoms with van der Waals surface area (Å²) in [6.07, 6.45) is 1.96. The van der Waals surface area contributed by atoms with Crippen molar-refractivity contribution < 1.29 is 9.90 Å². The van der Waals surface area contributed by atoms with Gasteiger partial charge in [-0.05, 0) is 31.7 Å². The molecule has 0 aliphatic heterocycles. The number of hydrogen-bond acceptors (Lipinski definition) is 6. The van der Waals surface area contributed by atoms with Crippen molar-refractivity contribution in [1.29, 1.82) is 0 Å². The molecule has 0 saturated heterocycles. The molecule has 6 heteroatoms. The van der Waals surface area contributed by atoms with E-state index in [9.17, 15) is 9.90 Å². The van der Waals surface area contributed by atoms with Crippen LogP contribution in [0, 0.1) is 19.8 Å². The Labute approximate surface area is 122 Å². The van der Waals surface area contributed by atoms with Crippen LogP contribution in [-0.2, 0) is 4.79 Å². The SMILES string of the molecule is Cc1sc2ncnc(N[C@@H](CC(C)C)C(=O)[O-])c2c1C. The highest BCUT2D eigenvalue weighted by atomic mass is 32.1. The van der Waals surface area contributed by atoms with Crippen LogP contribution in [0.4, 0.5) is 5.82 Å². The molecule has 0 aliphatic carbocycles. The molecule has 1 N–H and O–H groups in total. The fraction of sp³-hybridized carbons (Fsp3) is 0.500. The summed E-state index contributed by atoms with van der Waals surface area (Å²) < 4.78 is 0. The van der Waals surface area contributed by atoms with Gasteiger partial charge in [-0.2, -0.15) is 0 Å². The molecule has 2 heterocycles. The van der Waals surface area contributed by atoms with Crippen molar-refractivity contribution in [3.8, 4) is 0 Å². The molecule has 2 aromatic rings. The number of hydrogen-bond donors (Lipinski definition) is 1. The molecule has 0 unspecified atom stereocenters. The number of nitrogens with one attached hydrogen (secondary N) is 1.